The summed E-state index contributed by atoms with van der Waals surface area (Å²) in [5.74, 6) is -2.27. The number of hydrogen-bond acceptors (Lipinski definition) is 7. The number of rotatable bonds is 7. The van der Waals surface area contributed by atoms with Crippen LogP contribution in [0.5, 0.6) is 0 Å². The third kappa shape index (κ3) is 4.94. The van der Waals surface area contributed by atoms with Crippen LogP contribution in [0.25, 0.3) is 0 Å². The number of morpholine rings is 1. The van der Waals surface area contributed by atoms with Gasteiger partial charge in [0.25, 0.3) is 11.7 Å². The summed E-state index contributed by atoms with van der Waals surface area (Å²) in [7, 11) is 0. The Kier molecular flexibility index (Phi) is 6.75. The van der Waals surface area contributed by atoms with Gasteiger partial charge < -0.3 is 25.4 Å². The Labute approximate surface area is 166 Å². The maximum atomic E-state index is 12.4. The molecule has 1 aromatic carbocycles. The molecule has 1 aliphatic rings. The predicted molar refractivity (Wildman–Crippen MR) is 106 cm³/mol. The van der Waals surface area contributed by atoms with Gasteiger partial charge in [-0.15, -0.1) is 11.3 Å². The Morgan fingerprint density at radius 3 is 2.46 bits per heavy atom. The van der Waals surface area contributed by atoms with Gasteiger partial charge in [0, 0.05) is 24.5 Å². The number of ketones is 1. The van der Waals surface area contributed by atoms with Crippen molar-refractivity contribution in [1.82, 2.24) is 5.32 Å². The molecule has 148 valence electrons. The van der Waals surface area contributed by atoms with Crippen molar-refractivity contribution in [2.75, 3.05) is 43.1 Å². The van der Waals surface area contributed by atoms with E-state index in [1.807, 2.05) is 12.1 Å². The molecule has 1 fully saturated rings. The van der Waals surface area contributed by atoms with Crippen LogP contribution in [0.3, 0.4) is 0 Å². The Hall–Kier alpha value is -2.75. The zero-order chi connectivity index (χ0) is 19.9. The Balaban J connectivity index is 1.57. The minimum atomic E-state index is -1.23. The number of Topliss-reactive ketones (excluding diaryl/α,β-unsaturated/α-hetero) is 1. The van der Waals surface area contributed by atoms with Crippen molar-refractivity contribution in [3.8, 4) is 0 Å². The van der Waals surface area contributed by atoms with E-state index in [9.17, 15) is 19.5 Å². The third-order valence-corrected chi connectivity index (χ3v) is 5.14. The van der Waals surface area contributed by atoms with Gasteiger partial charge in [0.1, 0.15) is 6.04 Å². The maximum Gasteiger partial charge on any atom is 0.293 e. The predicted octanol–water partition coefficient (Wildman–Crippen LogP) is 0.883. The van der Waals surface area contributed by atoms with Crippen molar-refractivity contribution in [3.63, 3.8) is 0 Å². The zero-order valence-corrected chi connectivity index (χ0v) is 15.9. The van der Waals surface area contributed by atoms with Crippen LogP contribution >= 0.6 is 11.3 Å². The molecule has 9 heteroatoms. The van der Waals surface area contributed by atoms with Crippen LogP contribution in [-0.2, 0) is 14.3 Å². The number of aliphatic hydroxyl groups is 1. The monoisotopic (exact) mass is 403 g/mol. The van der Waals surface area contributed by atoms with Crippen LogP contribution in [0.15, 0.2) is 41.8 Å². The average Bonchev–Trinajstić information content (AvgIpc) is 3.27. The van der Waals surface area contributed by atoms with E-state index in [4.69, 9.17) is 4.74 Å². The first-order valence-corrected chi connectivity index (χ1v) is 9.69. The lowest BCUT2D eigenvalue weighted by atomic mass is 10.2. The standard InChI is InChI=1S/C19H21N3O5S/c23-12-15(21-19(26)17(24)16-2-1-11-28-16)18(25)20-13-3-5-14(6-4-13)22-7-9-27-10-8-22/h1-6,11,15,23H,7-10,12H2,(H,20,25)(H,21,26)/t15-/m0/s1. The molecule has 8 nitrogen and oxygen atoms in total. The number of aliphatic hydroxyl groups excluding tert-OH is 1. The number of thiophene rings is 1. The summed E-state index contributed by atoms with van der Waals surface area (Å²) < 4.78 is 5.33. The molecule has 3 rings (SSSR count). The van der Waals surface area contributed by atoms with Crippen LogP contribution < -0.4 is 15.5 Å². The normalized spacial score (nSPS) is 15.0. The van der Waals surface area contributed by atoms with E-state index in [1.165, 1.54) is 6.07 Å². The van der Waals surface area contributed by atoms with E-state index in [-0.39, 0.29) is 4.88 Å². The molecule has 0 spiro atoms. The summed E-state index contributed by atoms with van der Waals surface area (Å²) >= 11 is 1.13. The molecule has 28 heavy (non-hydrogen) atoms. The number of ether oxygens (including phenoxy) is 1. The molecule has 3 N–H and O–H groups in total. The zero-order valence-electron chi connectivity index (χ0n) is 15.1. The van der Waals surface area contributed by atoms with Crippen molar-refractivity contribution in [1.29, 1.82) is 0 Å². The molecular formula is C19H21N3O5S. The number of benzene rings is 1. The Morgan fingerprint density at radius 1 is 1.14 bits per heavy atom. The van der Waals surface area contributed by atoms with Crippen LogP contribution in [0, 0.1) is 0 Å². The minimum absolute atomic E-state index is 0.272. The number of nitrogens with one attached hydrogen (secondary N) is 2. The Morgan fingerprint density at radius 2 is 1.86 bits per heavy atom. The number of amides is 2. The van der Waals surface area contributed by atoms with Gasteiger partial charge in [-0.3, -0.25) is 14.4 Å². The molecule has 1 aliphatic heterocycles. The number of hydrogen-bond donors (Lipinski definition) is 3. The molecule has 0 bridgehead atoms. The van der Waals surface area contributed by atoms with Gasteiger partial charge in [-0.25, -0.2) is 0 Å². The van der Waals surface area contributed by atoms with Gasteiger partial charge >= 0.3 is 0 Å². The highest BCUT2D eigenvalue weighted by atomic mass is 32.1. The quantitative estimate of drug-likeness (QED) is 0.468. The Bertz CT molecular complexity index is 817. The van der Waals surface area contributed by atoms with E-state index in [0.717, 1.165) is 30.1 Å². The number of carbonyl (C=O) groups excluding carboxylic acids is 3. The lowest BCUT2D eigenvalue weighted by molar-refractivity contribution is -0.124. The van der Waals surface area contributed by atoms with Crippen molar-refractivity contribution < 1.29 is 24.2 Å². The maximum absolute atomic E-state index is 12.4. The van der Waals surface area contributed by atoms with Gasteiger partial charge in [-0.05, 0) is 35.7 Å². The number of anilines is 2. The molecule has 0 radical (unpaired) electrons. The molecule has 2 aromatic rings. The summed E-state index contributed by atoms with van der Waals surface area (Å²) in [6.07, 6.45) is 0. The van der Waals surface area contributed by atoms with Crippen LogP contribution in [-0.4, -0.2) is 61.7 Å². The van der Waals surface area contributed by atoms with Gasteiger partial charge in [-0.2, -0.15) is 0 Å². The first-order valence-electron chi connectivity index (χ1n) is 8.81. The summed E-state index contributed by atoms with van der Waals surface area (Å²) in [5.41, 5.74) is 1.55. The largest absolute Gasteiger partial charge is 0.394 e. The second-order valence-corrected chi connectivity index (χ2v) is 7.10. The lowest BCUT2D eigenvalue weighted by Crippen LogP contribution is -2.48. The van der Waals surface area contributed by atoms with Crippen molar-refractivity contribution in [3.05, 3.63) is 46.7 Å². The van der Waals surface area contributed by atoms with Gasteiger partial charge in [0.15, 0.2) is 0 Å². The molecule has 0 unspecified atom stereocenters. The molecule has 2 amide bonds. The second kappa shape index (κ2) is 9.45. The molecule has 0 saturated carbocycles. The average molecular weight is 403 g/mol. The fourth-order valence-corrected chi connectivity index (χ4v) is 3.40. The van der Waals surface area contributed by atoms with E-state index in [0.29, 0.717) is 18.9 Å². The van der Waals surface area contributed by atoms with Crippen LogP contribution in [0.4, 0.5) is 11.4 Å². The summed E-state index contributed by atoms with van der Waals surface area (Å²) in [5, 5.41) is 16.0. The third-order valence-electron chi connectivity index (χ3n) is 4.27. The fraction of sp³-hybridized carbons (Fsp3) is 0.316. The van der Waals surface area contributed by atoms with Crippen molar-refractivity contribution in [2.24, 2.45) is 0 Å². The smallest absolute Gasteiger partial charge is 0.293 e. The molecule has 0 aliphatic carbocycles. The summed E-state index contributed by atoms with van der Waals surface area (Å²) in [6, 6.07) is 9.21. The van der Waals surface area contributed by atoms with Crippen molar-refractivity contribution in [2.45, 2.75) is 6.04 Å². The van der Waals surface area contributed by atoms with E-state index < -0.39 is 30.2 Å². The summed E-state index contributed by atoms with van der Waals surface area (Å²) in [4.78, 5) is 38.8. The van der Waals surface area contributed by atoms with Gasteiger partial charge in [0.2, 0.25) is 5.91 Å². The minimum Gasteiger partial charge on any atom is -0.394 e. The van der Waals surface area contributed by atoms with E-state index >= 15 is 0 Å². The fourth-order valence-electron chi connectivity index (χ4n) is 2.74. The van der Waals surface area contributed by atoms with Crippen LogP contribution in [0.2, 0.25) is 0 Å². The second-order valence-electron chi connectivity index (χ2n) is 6.15. The molecule has 1 saturated heterocycles. The van der Waals surface area contributed by atoms with Crippen LogP contribution in [0.1, 0.15) is 9.67 Å². The van der Waals surface area contributed by atoms with E-state index in [2.05, 4.69) is 15.5 Å². The van der Waals surface area contributed by atoms with Crippen molar-refractivity contribution >= 4 is 40.3 Å². The SMILES string of the molecule is O=C(N[C@@H](CO)C(=O)Nc1ccc(N2CCOCC2)cc1)C(=O)c1cccs1. The molecular weight excluding hydrogens is 382 g/mol. The highest BCUT2D eigenvalue weighted by Gasteiger charge is 2.25. The highest BCUT2D eigenvalue weighted by molar-refractivity contribution is 7.13. The highest BCUT2D eigenvalue weighted by Crippen LogP contribution is 2.19. The molecule has 1 atom stereocenters. The number of nitrogens with zero attached hydrogens (tertiary/aromatic N) is 1. The number of carbonyl (C=O) groups is 3. The van der Waals surface area contributed by atoms with E-state index in [1.54, 1.807) is 23.6 Å². The van der Waals surface area contributed by atoms with Gasteiger partial charge in [-0.1, -0.05) is 6.07 Å². The lowest BCUT2D eigenvalue weighted by Gasteiger charge is -2.29. The first kappa shape index (κ1) is 20.0. The summed E-state index contributed by atoms with van der Waals surface area (Å²) in [6.45, 7) is 2.35. The first-order chi connectivity index (χ1) is 13.6. The molecule has 2 heterocycles. The molecule has 1 aromatic heterocycles. The topological polar surface area (TPSA) is 108 Å². The van der Waals surface area contributed by atoms with Gasteiger partial charge in [0.05, 0.1) is 24.7 Å².